The number of carbonyl (C=O) groups excluding carboxylic acids is 2. The summed E-state index contributed by atoms with van der Waals surface area (Å²) in [5, 5.41) is 0. The average Bonchev–Trinajstić information content (AvgIpc) is 2.89. The molecule has 0 aliphatic rings. The second-order valence-corrected chi connectivity index (χ2v) is 9.30. The van der Waals surface area contributed by atoms with Gasteiger partial charge in [-0.2, -0.15) is 13.2 Å². The van der Waals surface area contributed by atoms with Gasteiger partial charge in [0.05, 0.1) is 23.3 Å². The molecule has 204 valence electrons. The molecule has 0 saturated heterocycles. The molecule has 0 saturated carbocycles. The van der Waals surface area contributed by atoms with Gasteiger partial charge in [-0.15, -0.1) is 0 Å². The summed E-state index contributed by atoms with van der Waals surface area (Å²) in [5.41, 5.74) is -1.02. The van der Waals surface area contributed by atoms with Crippen molar-refractivity contribution >= 4 is 11.9 Å². The number of carbonyl (C=O) groups is 2. The molecular formula is C30H39F3O4. The van der Waals surface area contributed by atoms with Crippen molar-refractivity contribution in [1.82, 2.24) is 0 Å². The molecule has 0 bridgehead atoms. The van der Waals surface area contributed by atoms with Crippen LogP contribution < -0.4 is 0 Å². The first-order valence-corrected chi connectivity index (χ1v) is 13.4. The van der Waals surface area contributed by atoms with Gasteiger partial charge in [0.25, 0.3) is 0 Å². The van der Waals surface area contributed by atoms with E-state index in [-0.39, 0.29) is 23.3 Å². The summed E-state index contributed by atoms with van der Waals surface area (Å²) >= 11 is 0. The molecule has 0 amide bonds. The maximum Gasteiger partial charge on any atom is 0.416 e. The van der Waals surface area contributed by atoms with E-state index in [1.165, 1.54) is 88.1 Å². The van der Waals surface area contributed by atoms with Gasteiger partial charge in [0.2, 0.25) is 0 Å². The van der Waals surface area contributed by atoms with Gasteiger partial charge >= 0.3 is 18.1 Å². The van der Waals surface area contributed by atoms with E-state index in [9.17, 15) is 22.8 Å². The monoisotopic (exact) mass is 520 g/mol. The van der Waals surface area contributed by atoms with Crippen LogP contribution in [0.4, 0.5) is 13.2 Å². The van der Waals surface area contributed by atoms with E-state index in [2.05, 4.69) is 6.92 Å². The van der Waals surface area contributed by atoms with Gasteiger partial charge in [0, 0.05) is 5.56 Å². The third kappa shape index (κ3) is 11.4. The fourth-order valence-corrected chi connectivity index (χ4v) is 4.17. The summed E-state index contributed by atoms with van der Waals surface area (Å²) in [6.45, 7) is 1.92. The largest absolute Gasteiger partial charge is 0.462 e. The molecule has 0 unspecified atom stereocenters. The van der Waals surface area contributed by atoms with Crippen molar-refractivity contribution in [2.45, 2.75) is 96.8 Å². The van der Waals surface area contributed by atoms with Crippen LogP contribution in [0.25, 0.3) is 0 Å². The van der Waals surface area contributed by atoms with E-state index in [4.69, 9.17) is 9.47 Å². The van der Waals surface area contributed by atoms with Crippen LogP contribution in [0.2, 0.25) is 0 Å². The van der Waals surface area contributed by atoms with Gasteiger partial charge in [-0.05, 0) is 24.6 Å². The number of halogens is 3. The second kappa shape index (κ2) is 16.8. The molecule has 0 fully saturated rings. The Morgan fingerprint density at radius 2 is 1.11 bits per heavy atom. The van der Waals surface area contributed by atoms with E-state index in [1.54, 1.807) is 12.1 Å². The standard InChI is InChI=1S/C30H39F3O4/c1-2-3-4-5-6-7-8-9-10-11-12-17-22-36-28(34)25-19-14-15-20-26(25)29(35)37-23-24-18-13-16-21-27(24)30(31,32)33/h13-16,18-21H,2-12,17,22-23H2,1H3. The van der Waals surface area contributed by atoms with Crippen LogP contribution in [0.3, 0.4) is 0 Å². The Kier molecular flexibility index (Phi) is 13.8. The van der Waals surface area contributed by atoms with Crippen LogP contribution in [-0.2, 0) is 22.3 Å². The van der Waals surface area contributed by atoms with Crippen molar-refractivity contribution in [3.8, 4) is 0 Å². The minimum atomic E-state index is -4.56. The Balaban J connectivity index is 1.71. The molecule has 2 aromatic rings. The summed E-state index contributed by atoms with van der Waals surface area (Å²) in [6.07, 6.45) is 9.84. The Morgan fingerprint density at radius 1 is 0.649 bits per heavy atom. The molecule has 2 aromatic carbocycles. The first kappa shape index (κ1) is 30.4. The lowest BCUT2D eigenvalue weighted by molar-refractivity contribution is -0.138. The predicted octanol–water partition coefficient (Wildman–Crippen LogP) is 8.92. The van der Waals surface area contributed by atoms with Crippen molar-refractivity contribution in [2.75, 3.05) is 6.61 Å². The summed E-state index contributed by atoms with van der Waals surface area (Å²) < 4.78 is 50.0. The molecule has 37 heavy (non-hydrogen) atoms. The zero-order chi connectivity index (χ0) is 26.9. The first-order chi connectivity index (χ1) is 17.8. The molecule has 2 rings (SSSR count). The van der Waals surface area contributed by atoms with Crippen LogP contribution in [0.5, 0.6) is 0 Å². The zero-order valence-corrected chi connectivity index (χ0v) is 21.8. The number of ether oxygens (including phenoxy) is 2. The zero-order valence-electron chi connectivity index (χ0n) is 21.8. The number of benzene rings is 2. The molecule has 0 spiro atoms. The van der Waals surface area contributed by atoms with Crippen molar-refractivity contribution in [3.63, 3.8) is 0 Å². The number of esters is 2. The molecular weight excluding hydrogens is 481 g/mol. The van der Waals surface area contributed by atoms with Crippen LogP contribution in [-0.4, -0.2) is 18.5 Å². The van der Waals surface area contributed by atoms with Crippen LogP contribution in [0, 0.1) is 0 Å². The van der Waals surface area contributed by atoms with E-state index in [0.717, 1.165) is 25.3 Å². The van der Waals surface area contributed by atoms with Gasteiger partial charge in [0.15, 0.2) is 0 Å². The van der Waals surface area contributed by atoms with E-state index < -0.39 is 30.3 Å². The average molecular weight is 521 g/mol. The molecule has 0 heterocycles. The summed E-state index contributed by atoms with van der Waals surface area (Å²) in [7, 11) is 0. The molecule has 7 heteroatoms. The Labute approximate surface area is 218 Å². The molecule has 4 nitrogen and oxygen atoms in total. The fourth-order valence-electron chi connectivity index (χ4n) is 4.17. The van der Waals surface area contributed by atoms with Gasteiger partial charge in [-0.25, -0.2) is 9.59 Å². The van der Waals surface area contributed by atoms with Crippen molar-refractivity contribution in [1.29, 1.82) is 0 Å². The fraction of sp³-hybridized carbons (Fsp3) is 0.533. The summed E-state index contributed by atoms with van der Waals surface area (Å²) in [4.78, 5) is 25.1. The van der Waals surface area contributed by atoms with E-state index in [1.807, 2.05) is 0 Å². The lowest BCUT2D eigenvalue weighted by Gasteiger charge is -2.13. The molecule has 0 atom stereocenters. The molecule has 0 aliphatic heterocycles. The SMILES string of the molecule is CCCCCCCCCCCCCCOC(=O)c1ccccc1C(=O)OCc1ccccc1C(F)(F)F. The summed E-state index contributed by atoms with van der Waals surface area (Å²) in [5.74, 6) is -1.53. The van der Waals surface area contributed by atoms with Crippen molar-refractivity contribution in [2.24, 2.45) is 0 Å². The van der Waals surface area contributed by atoms with Gasteiger partial charge < -0.3 is 9.47 Å². The Bertz CT molecular complexity index is 956. The van der Waals surface area contributed by atoms with Crippen molar-refractivity contribution < 1.29 is 32.2 Å². The van der Waals surface area contributed by atoms with Gasteiger partial charge in [0.1, 0.15) is 6.61 Å². The maximum atomic E-state index is 13.2. The topological polar surface area (TPSA) is 52.6 Å². The number of rotatable bonds is 17. The van der Waals surface area contributed by atoms with Crippen LogP contribution >= 0.6 is 0 Å². The molecule has 0 aromatic heterocycles. The minimum absolute atomic E-state index is 0.0355. The number of unbranched alkanes of at least 4 members (excludes halogenated alkanes) is 11. The number of alkyl halides is 3. The highest BCUT2D eigenvalue weighted by molar-refractivity contribution is 6.03. The highest BCUT2D eigenvalue weighted by atomic mass is 19.4. The van der Waals surface area contributed by atoms with Gasteiger partial charge in [-0.1, -0.05) is 108 Å². The highest BCUT2D eigenvalue weighted by Gasteiger charge is 2.33. The Morgan fingerprint density at radius 3 is 1.65 bits per heavy atom. The lowest BCUT2D eigenvalue weighted by atomic mass is 10.1. The predicted molar refractivity (Wildman–Crippen MR) is 138 cm³/mol. The summed E-state index contributed by atoms with van der Waals surface area (Å²) in [6, 6.07) is 10.9. The molecule has 0 aliphatic carbocycles. The number of hydrogen-bond acceptors (Lipinski definition) is 4. The quantitative estimate of drug-likeness (QED) is 0.154. The third-order valence-electron chi connectivity index (χ3n) is 6.28. The number of hydrogen-bond donors (Lipinski definition) is 0. The Hall–Kier alpha value is -2.83. The normalized spacial score (nSPS) is 11.4. The van der Waals surface area contributed by atoms with Crippen molar-refractivity contribution in [3.05, 3.63) is 70.8 Å². The van der Waals surface area contributed by atoms with E-state index >= 15 is 0 Å². The first-order valence-electron chi connectivity index (χ1n) is 13.4. The third-order valence-corrected chi connectivity index (χ3v) is 6.28. The second-order valence-electron chi connectivity index (χ2n) is 9.30. The maximum absolute atomic E-state index is 13.2. The van der Waals surface area contributed by atoms with E-state index in [0.29, 0.717) is 0 Å². The smallest absolute Gasteiger partial charge is 0.416 e. The molecule has 0 radical (unpaired) electrons. The van der Waals surface area contributed by atoms with Gasteiger partial charge in [-0.3, -0.25) is 0 Å². The highest BCUT2D eigenvalue weighted by Crippen LogP contribution is 2.32. The lowest BCUT2D eigenvalue weighted by Crippen LogP contribution is -2.16. The van der Waals surface area contributed by atoms with Crippen LogP contribution in [0.1, 0.15) is 116 Å². The minimum Gasteiger partial charge on any atom is -0.462 e. The molecule has 0 N–H and O–H groups in total. The van der Waals surface area contributed by atoms with Crippen LogP contribution in [0.15, 0.2) is 48.5 Å².